The number of hydrogen-bond acceptors (Lipinski definition) is 5. The summed E-state index contributed by atoms with van der Waals surface area (Å²) in [6.07, 6.45) is 1.47. The number of amides is 4. The lowest BCUT2D eigenvalue weighted by molar-refractivity contribution is 0.0925. The van der Waals surface area contributed by atoms with Gasteiger partial charge in [-0.2, -0.15) is 5.10 Å². The lowest BCUT2D eigenvalue weighted by atomic mass is 10.1. The Morgan fingerprint density at radius 3 is 2.34 bits per heavy atom. The summed E-state index contributed by atoms with van der Waals surface area (Å²) in [5.41, 5.74) is 2.18. The van der Waals surface area contributed by atoms with E-state index in [0.29, 0.717) is 27.8 Å². The molecule has 4 amide bonds. The number of rotatable bonds is 4. The number of benzene rings is 2. The summed E-state index contributed by atoms with van der Waals surface area (Å²) in [7, 11) is 0. The van der Waals surface area contributed by atoms with Crippen LogP contribution in [0.15, 0.2) is 66.9 Å². The molecule has 1 aliphatic heterocycles. The summed E-state index contributed by atoms with van der Waals surface area (Å²) in [5, 5.41) is 13.0. The molecule has 9 heteroatoms. The Hall–Kier alpha value is -4.53. The number of carbonyl (C=O) groups is 3. The molecule has 1 aliphatic rings. The maximum atomic E-state index is 12.7. The minimum atomic E-state index is -0.435. The first-order chi connectivity index (χ1) is 15.5. The molecule has 0 fully saturated rings. The Labute approximate surface area is 182 Å². The van der Waals surface area contributed by atoms with E-state index in [1.807, 2.05) is 37.3 Å². The molecule has 158 valence electrons. The number of hydrogen-bond donors (Lipinski definition) is 3. The van der Waals surface area contributed by atoms with Crippen molar-refractivity contribution >= 4 is 40.4 Å². The molecule has 0 spiro atoms. The highest BCUT2D eigenvalue weighted by atomic mass is 16.2. The number of H-pyrrole nitrogens is 1. The van der Waals surface area contributed by atoms with Gasteiger partial charge in [0.15, 0.2) is 5.82 Å². The van der Waals surface area contributed by atoms with Gasteiger partial charge in [0.25, 0.3) is 11.8 Å². The predicted molar refractivity (Wildman–Crippen MR) is 118 cm³/mol. The number of nitrogens with one attached hydrogen (secondary N) is 3. The molecule has 2 aromatic carbocycles. The molecule has 0 radical (unpaired) electrons. The third-order valence-electron chi connectivity index (χ3n) is 5.32. The van der Waals surface area contributed by atoms with Gasteiger partial charge in [0.05, 0.1) is 28.1 Å². The first-order valence-electron chi connectivity index (χ1n) is 9.97. The number of carbonyl (C=O) groups excluding carboxylic acids is 3. The van der Waals surface area contributed by atoms with Crippen molar-refractivity contribution in [1.29, 1.82) is 0 Å². The van der Waals surface area contributed by atoms with Gasteiger partial charge in [-0.3, -0.25) is 20.0 Å². The zero-order valence-electron chi connectivity index (χ0n) is 17.0. The molecule has 0 saturated carbocycles. The van der Waals surface area contributed by atoms with Gasteiger partial charge in [0, 0.05) is 12.3 Å². The predicted octanol–water partition coefficient (Wildman–Crippen LogP) is 3.64. The van der Waals surface area contributed by atoms with Crippen molar-refractivity contribution in [2.24, 2.45) is 0 Å². The molecule has 3 heterocycles. The van der Waals surface area contributed by atoms with Crippen LogP contribution in [0.5, 0.6) is 0 Å². The number of nitrogens with zero attached hydrogens (tertiary/aromatic N) is 3. The van der Waals surface area contributed by atoms with E-state index in [1.165, 1.54) is 6.20 Å². The van der Waals surface area contributed by atoms with E-state index in [4.69, 9.17) is 0 Å². The fourth-order valence-corrected chi connectivity index (χ4v) is 3.69. The topological polar surface area (TPSA) is 120 Å². The second-order valence-corrected chi connectivity index (χ2v) is 7.38. The Morgan fingerprint density at radius 2 is 1.66 bits per heavy atom. The normalized spacial score (nSPS) is 13.8. The van der Waals surface area contributed by atoms with Crippen LogP contribution in [-0.2, 0) is 0 Å². The molecule has 0 unspecified atom stereocenters. The van der Waals surface area contributed by atoms with Crippen LogP contribution in [0.4, 0.5) is 16.4 Å². The van der Waals surface area contributed by atoms with Gasteiger partial charge < -0.3 is 5.32 Å². The lowest BCUT2D eigenvalue weighted by Gasteiger charge is -2.14. The molecule has 4 aromatic rings. The smallest absolute Gasteiger partial charge is 0.320 e. The van der Waals surface area contributed by atoms with E-state index >= 15 is 0 Å². The standard InChI is InChI=1S/C23H18N6O3/c1-13(14-7-3-2-4-8-14)25-23(32)26-19-11-18-17(12-24-19)20(28-27-18)29-21(30)15-9-5-6-10-16(15)22(29)31/h2-13H,1H3,(H,27,28)(H2,24,25,26,32)/t13-/m1/s1. The average Bonchev–Trinajstić information content (AvgIpc) is 3.32. The van der Waals surface area contributed by atoms with Crippen LogP contribution in [-0.4, -0.2) is 33.0 Å². The summed E-state index contributed by atoms with van der Waals surface area (Å²) in [4.78, 5) is 43.1. The molecule has 0 aliphatic carbocycles. The zero-order chi connectivity index (χ0) is 22.2. The molecule has 1 atom stereocenters. The van der Waals surface area contributed by atoms with Gasteiger partial charge >= 0.3 is 6.03 Å². The van der Waals surface area contributed by atoms with Gasteiger partial charge in [-0.25, -0.2) is 14.7 Å². The highest BCUT2D eigenvalue weighted by Crippen LogP contribution is 2.32. The molecule has 9 nitrogen and oxygen atoms in total. The molecule has 3 N–H and O–H groups in total. The minimum Gasteiger partial charge on any atom is -0.331 e. The number of fused-ring (bicyclic) bond motifs is 2. The first-order valence-corrected chi connectivity index (χ1v) is 9.97. The summed E-state index contributed by atoms with van der Waals surface area (Å²) >= 11 is 0. The Morgan fingerprint density at radius 1 is 1.00 bits per heavy atom. The number of imide groups is 1. The van der Waals surface area contributed by atoms with Crippen LogP contribution in [0.3, 0.4) is 0 Å². The molecule has 2 aromatic heterocycles. The van der Waals surface area contributed by atoms with Crippen molar-refractivity contribution in [2.75, 3.05) is 10.2 Å². The van der Waals surface area contributed by atoms with Crippen molar-refractivity contribution in [3.05, 3.63) is 83.6 Å². The van der Waals surface area contributed by atoms with Crippen LogP contribution in [0.1, 0.15) is 39.2 Å². The fourth-order valence-electron chi connectivity index (χ4n) is 3.69. The molecule has 0 bridgehead atoms. The van der Waals surface area contributed by atoms with Crippen LogP contribution < -0.4 is 15.5 Å². The van der Waals surface area contributed by atoms with E-state index in [2.05, 4.69) is 25.8 Å². The summed E-state index contributed by atoms with van der Waals surface area (Å²) in [5.74, 6) is -0.397. The van der Waals surface area contributed by atoms with Crippen molar-refractivity contribution in [2.45, 2.75) is 13.0 Å². The van der Waals surface area contributed by atoms with E-state index in [9.17, 15) is 14.4 Å². The van der Waals surface area contributed by atoms with Crippen LogP contribution in [0.25, 0.3) is 10.9 Å². The molecule has 0 saturated heterocycles. The number of aromatic nitrogens is 3. The van der Waals surface area contributed by atoms with Gasteiger partial charge in [-0.1, -0.05) is 42.5 Å². The molecular formula is C23H18N6O3. The van der Waals surface area contributed by atoms with Gasteiger partial charge in [-0.15, -0.1) is 0 Å². The highest BCUT2D eigenvalue weighted by Gasteiger charge is 2.38. The Balaban J connectivity index is 1.35. The van der Waals surface area contributed by atoms with Gasteiger partial charge in [0.2, 0.25) is 0 Å². The van der Waals surface area contributed by atoms with E-state index in [1.54, 1.807) is 30.3 Å². The summed E-state index contributed by atoms with van der Waals surface area (Å²) < 4.78 is 0. The average molecular weight is 426 g/mol. The largest absolute Gasteiger partial charge is 0.331 e. The van der Waals surface area contributed by atoms with E-state index in [-0.39, 0.29) is 11.9 Å². The first kappa shape index (κ1) is 19.4. The second kappa shape index (κ2) is 7.62. The lowest BCUT2D eigenvalue weighted by Crippen LogP contribution is -2.31. The highest BCUT2D eigenvalue weighted by molar-refractivity contribution is 6.35. The zero-order valence-corrected chi connectivity index (χ0v) is 17.0. The summed E-state index contributed by atoms with van der Waals surface area (Å²) in [6, 6.07) is 17.2. The number of aromatic amines is 1. The van der Waals surface area contributed by atoms with Gasteiger partial charge in [-0.05, 0) is 24.6 Å². The SMILES string of the molecule is C[C@@H](NC(=O)Nc1cc2[nH]nc(N3C(=O)c4ccccc4C3=O)c2cn1)c1ccccc1. The third-order valence-corrected chi connectivity index (χ3v) is 5.32. The molecule has 32 heavy (non-hydrogen) atoms. The molecule has 5 rings (SSSR count). The maximum Gasteiger partial charge on any atom is 0.320 e. The minimum absolute atomic E-state index is 0.174. The number of anilines is 2. The van der Waals surface area contributed by atoms with Crippen LogP contribution >= 0.6 is 0 Å². The van der Waals surface area contributed by atoms with E-state index < -0.39 is 17.8 Å². The van der Waals surface area contributed by atoms with Crippen molar-refractivity contribution in [3.8, 4) is 0 Å². The van der Waals surface area contributed by atoms with Crippen molar-refractivity contribution < 1.29 is 14.4 Å². The maximum absolute atomic E-state index is 12.7. The monoisotopic (exact) mass is 426 g/mol. The quantitative estimate of drug-likeness (QED) is 0.430. The fraction of sp³-hybridized carbons (Fsp3) is 0.0870. The Bertz CT molecular complexity index is 1330. The van der Waals surface area contributed by atoms with Crippen LogP contribution in [0.2, 0.25) is 0 Å². The van der Waals surface area contributed by atoms with Crippen molar-refractivity contribution in [1.82, 2.24) is 20.5 Å². The number of urea groups is 1. The third kappa shape index (κ3) is 3.25. The van der Waals surface area contributed by atoms with Crippen LogP contribution in [0, 0.1) is 0 Å². The second-order valence-electron chi connectivity index (χ2n) is 7.38. The number of pyridine rings is 1. The molecular weight excluding hydrogens is 408 g/mol. The van der Waals surface area contributed by atoms with Gasteiger partial charge in [0.1, 0.15) is 5.82 Å². The van der Waals surface area contributed by atoms with Crippen molar-refractivity contribution in [3.63, 3.8) is 0 Å². The van der Waals surface area contributed by atoms with E-state index in [0.717, 1.165) is 10.5 Å². The summed E-state index contributed by atoms with van der Waals surface area (Å²) in [6.45, 7) is 1.88. The Kier molecular flexibility index (Phi) is 4.63.